The lowest BCUT2D eigenvalue weighted by molar-refractivity contribution is 0.0701. The van der Waals surface area contributed by atoms with Gasteiger partial charge in [0.25, 0.3) is 0 Å². The largest absolute Gasteiger partial charge is 0.477 e. The first-order valence-corrected chi connectivity index (χ1v) is 7.57. The van der Waals surface area contributed by atoms with Crippen molar-refractivity contribution in [2.24, 2.45) is 0 Å². The van der Waals surface area contributed by atoms with Gasteiger partial charge in [0, 0.05) is 24.5 Å². The van der Waals surface area contributed by atoms with Crippen molar-refractivity contribution in [3.63, 3.8) is 0 Å². The average Bonchev–Trinajstić information content (AvgIpc) is 2.82. The minimum absolute atomic E-state index is 0.434. The number of rotatable bonds is 8. The fourth-order valence-corrected chi connectivity index (χ4v) is 3.16. The monoisotopic (exact) mass is 293 g/mol. The van der Waals surface area contributed by atoms with Crippen LogP contribution in [0, 0.1) is 0 Å². The van der Waals surface area contributed by atoms with Crippen LogP contribution in [0.15, 0.2) is 24.3 Å². The van der Waals surface area contributed by atoms with E-state index in [-0.39, 0.29) is 0 Å². The predicted molar refractivity (Wildman–Crippen MR) is 81.6 cm³/mol. The SMILES string of the molecule is CCOCCCNCc1c(C(=O)O)sc2ccccc12. The van der Waals surface area contributed by atoms with E-state index < -0.39 is 5.97 Å². The van der Waals surface area contributed by atoms with Gasteiger partial charge in [-0.05, 0) is 36.9 Å². The van der Waals surface area contributed by atoms with Crippen molar-refractivity contribution >= 4 is 27.4 Å². The molecule has 0 aliphatic heterocycles. The van der Waals surface area contributed by atoms with Gasteiger partial charge in [-0.15, -0.1) is 11.3 Å². The Balaban J connectivity index is 2.04. The van der Waals surface area contributed by atoms with E-state index >= 15 is 0 Å². The summed E-state index contributed by atoms with van der Waals surface area (Å²) in [5.41, 5.74) is 0.884. The number of carboxylic acid groups (broad SMARTS) is 1. The van der Waals surface area contributed by atoms with Crippen molar-refractivity contribution in [2.75, 3.05) is 19.8 Å². The van der Waals surface area contributed by atoms with Crippen molar-refractivity contribution in [2.45, 2.75) is 19.9 Å². The van der Waals surface area contributed by atoms with E-state index in [1.807, 2.05) is 31.2 Å². The summed E-state index contributed by atoms with van der Waals surface area (Å²) in [5.74, 6) is -0.850. The van der Waals surface area contributed by atoms with E-state index in [2.05, 4.69) is 5.32 Å². The highest BCUT2D eigenvalue weighted by Gasteiger charge is 2.16. The maximum atomic E-state index is 11.3. The van der Waals surface area contributed by atoms with Gasteiger partial charge >= 0.3 is 5.97 Å². The molecule has 2 aromatic rings. The minimum Gasteiger partial charge on any atom is -0.477 e. The molecular formula is C15H19NO3S. The maximum absolute atomic E-state index is 11.3. The highest BCUT2D eigenvalue weighted by Crippen LogP contribution is 2.31. The molecule has 0 bridgehead atoms. The van der Waals surface area contributed by atoms with Crippen molar-refractivity contribution in [3.8, 4) is 0 Å². The van der Waals surface area contributed by atoms with Crippen LogP contribution in [0.25, 0.3) is 10.1 Å². The van der Waals surface area contributed by atoms with Crippen LogP contribution in [0.5, 0.6) is 0 Å². The summed E-state index contributed by atoms with van der Waals surface area (Å²) in [4.78, 5) is 11.8. The van der Waals surface area contributed by atoms with E-state index in [0.29, 0.717) is 11.4 Å². The summed E-state index contributed by atoms with van der Waals surface area (Å²) < 4.78 is 6.29. The lowest BCUT2D eigenvalue weighted by atomic mass is 10.1. The first kappa shape index (κ1) is 15.0. The molecule has 2 N–H and O–H groups in total. The molecule has 108 valence electrons. The molecule has 0 amide bonds. The van der Waals surface area contributed by atoms with Gasteiger partial charge in [0.1, 0.15) is 4.88 Å². The van der Waals surface area contributed by atoms with Gasteiger partial charge in [0.15, 0.2) is 0 Å². The van der Waals surface area contributed by atoms with Crippen LogP contribution in [0.1, 0.15) is 28.6 Å². The Morgan fingerprint density at radius 3 is 2.95 bits per heavy atom. The molecule has 4 nitrogen and oxygen atoms in total. The molecule has 5 heteroatoms. The number of hydrogen-bond acceptors (Lipinski definition) is 4. The van der Waals surface area contributed by atoms with E-state index in [1.54, 1.807) is 0 Å². The summed E-state index contributed by atoms with van der Waals surface area (Å²) in [5, 5.41) is 13.6. The van der Waals surface area contributed by atoms with Crippen LogP contribution in [-0.2, 0) is 11.3 Å². The molecule has 20 heavy (non-hydrogen) atoms. The van der Waals surface area contributed by atoms with E-state index in [9.17, 15) is 9.90 Å². The summed E-state index contributed by atoms with van der Waals surface area (Å²) in [7, 11) is 0. The zero-order chi connectivity index (χ0) is 14.4. The third kappa shape index (κ3) is 3.56. The number of fused-ring (bicyclic) bond motifs is 1. The fourth-order valence-electron chi connectivity index (χ4n) is 2.10. The molecule has 0 saturated carbocycles. The second kappa shape index (κ2) is 7.38. The molecule has 0 spiro atoms. The van der Waals surface area contributed by atoms with Crippen LogP contribution in [0.3, 0.4) is 0 Å². The predicted octanol–water partition coefficient (Wildman–Crippen LogP) is 3.12. The Bertz CT molecular complexity index is 580. The first-order chi connectivity index (χ1) is 9.74. The van der Waals surface area contributed by atoms with Gasteiger partial charge in [0.2, 0.25) is 0 Å². The third-order valence-electron chi connectivity index (χ3n) is 3.04. The third-order valence-corrected chi connectivity index (χ3v) is 4.24. The molecular weight excluding hydrogens is 274 g/mol. The number of benzene rings is 1. The van der Waals surface area contributed by atoms with Gasteiger partial charge in [0.05, 0.1) is 0 Å². The number of nitrogens with one attached hydrogen (secondary N) is 1. The number of carbonyl (C=O) groups is 1. The standard InChI is InChI=1S/C15H19NO3S/c1-2-19-9-5-8-16-10-12-11-6-3-4-7-13(11)20-14(12)15(17)18/h3-4,6-7,16H,2,5,8-10H2,1H3,(H,17,18). The topological polar surface area (TPSA) is 58.6 Å². The lowest BCUT2D eigenvalue weighted by Gasteiger charge is -2.05. The number of ether oxygens (including phenoxy) is 1. The fraction of sp³-hybridized carbons (Fsp3) is 0.400. The highest BCUT2D eigenvalue weighted by molar-refractivity contribution is 7.21. The lowest BCUT2D eigenvalue weighted by Crippen LogP contribution is -2.17. The second-order valence-corrected chi connectivity index (χ2v) is 5.49. The van der Waals surface area contributed by atoms with Gasteiger partial charge in [-0.1, -0.05) is 18.2 Å². The number of thiophene rings is 1. The van der Waals surface area contributed by atoms with Crippen LogP contribution in [0.2, 0.25) is 0 Å². The molecule has 2 rings (SSSR count). The molecule has 1 aromatic heterocycles. The zero-order valence-electron chi connectivity index (χ0n) is 11.5. The number of hydrogen-bond donors (Lipinski definition) is 2. The Hall–Kier alpha value is -1.43. The second-order valence-electron chi connectivity index (χ2n) is 4.44. The van der Waals surface area contributed by atoms with Crippen molar-refractivity contribution in [1.29, 1.82) is 0 Å². The molecule has 0 radical (unpaired) electrons. The van der Waals surface area contributed by atoms with Crippen LogP contribution in [0.4, 0.5) is 0 Å². The van der Waals surface area contributed by atoms with Crippen molar-refractivity contribution < 1.29 is 14.6 Å². The molecule has 0 atom stereocenters. The summed E-state index contributed by atoms with van der Waals surface area (Å²) >= 11 is 1.34. The van der Waals surface area contributed by atoms with Gasteiger partial charge in [-0.2, -0.15) is 0 Å². The number of carboxylic acids is 1. The highest BCUT2D eigenvalue weighted by atomic mass is 32.1. The number of aromatic carboxylic acids is 1. The Morgan fingerprint density at radius 2 is 2.20 bits per heavy atom. The van der Waals surface area contributed by atoms with Crippen LogP contribution >= 0.6 is 11.3 Å². The Labute approximate surface area is 122 Å². The van der Waals surface area contributed by atoms with Crippen molar-refractivity contribution in [3.05, 3.63) is 34.7 Å². The van der Waals surface area contributed by atoms with Crippen molar-refractivity contribution in [1.82, 2.24) is 5.32 Å². The first-order valence-electron chi connectivity index (χ1n) is 6.76. The quantitative estimate of drug-likeness (QED) is 0.734. The zero-order valence-corrected chi connectivity index (χ0v) is 12.3. The smallest absolute Gasteiger partial charge is 0.346 e. The van der Waals surface area contributed by atoms with Gasteiger partial charge in [-0.3, -0.25) is 0 Å². The maximum Gasteiger partial charge on any atom is 0.346 e. The molecule has 1 heterocycles. The van der Waals surface area contributed by atoms with E-state index in [1.165, 1.54) is 11.3 Å². The summed E-state index contributed by atoms with van der Waals surface area (Å²) in [6.45, 7) is 4.85. The minimum atomic E-state index is -0.850. The molecule has 0 saturated heterocycles. The van der Waals surface area contributed by atoms with Gasteiger partial charge in [-0.25, -0.2) is 4.79 Å². The van der Waals surface area contributed by atoms with E-state index in [0.717, 1.165) is 41.8 Å². The average molecular weight is 293 g/mol. The summed E-state index contributed by atoms with van der Waals surface area (Å²) in [6, 6.07) is 7.82. The molecule has 0 fully saturated rings. The summed E-state index contributed by atoms with van der Waals surface area (Å²) in [6.07, 6.45) is 0.929. The van der Waals surface area contributed by atoms with Gasteiger partial charge < -0.3 is 15.2 Å². The van der Waals surface area contributed by atoms with Crippen LogP contribution in [-0.4, -0.2) is 30.8 Å². The normalized spacial score (nSPS) is 11.1. The Kier molecular flexibility index (Phi) is 5.52. The molecule has 0 aliphatic carbocycles. The molecule has 0 aliphatic rings. The molecule has 1 aromatic carbocycles. The molecule has 0 unspecified atom stereocenters. The Morgan fingerprint density at radius 1 is 1.40 bits per heavy atom. The van der Waals surface area contributed by atoms with Crippen LogP contribution < -0.4 is 5.32 Å². The van der Waals surface area contributed by atoms with E-state index in [4.69, 9.17) is 4.74 Å².